The smallest absolute Gasteiger partial charge is 0.226 e. The van der Waals surface area contributed by atoms with Crippen LogP contribution >= 0.6 is 11.3 Å². The number of piperazine rings is 1. The largest absolute Gasteiger partial charge is 0.340 e. The average molecular weight is 456 g/mol. The van der Waals surface area contributed by atoms with Gasteiger partial charge in [0.2, 0.25) is 5.91 Å². The number of carbonyl (C=O) groups is 1. The minimum Gasteiger partial charge on any atom is -0.340 e. The van der Waals surface area contributed by atoms with Crippen LogP contribution in [0.2, 0.25) is 0 Å². The number of amides is 1. The Balaban J connectivity index is 1.10. The summed E-state index contributed by atoms with van der Waals surface area (Å²) in [4.78, 5) is 21.9. The summed E-state index contributed by atoms with van der Waals surface area (Å²) in [7, 11) is 0. The lowest BCUT2D eigenvalue weighted by Crippen LogP contribution is -2.49. The van der Waals surface area contributed by atoms with Crippen molar-refractivity contribution in [3.63, 3.8) is 0 Å². The molecule has 0 aromatic carbocycles. The fourth-order valence-electron chi connectivity index (χ4n) is 5.87. The molecule has 174 valence electrons. The van der Waals surface area contributed by atoms with Gasteiger partial charge >= 0.3 is 0 Å². The molecule has 7 heteroatoms. The van der Waals surface area contributed by atoms with Crippen LogP contribution in [0.4, 0.5) is 0 Å². The zero-order valence-corrected chi connectivity index (χ0v) is 20.7. The van der Waals surface area contributed by atoms with Crippen molar-refractivity contribution in [2.75, 3.05) is 39.3 Å². The second kappa shape index (κ2) is 8.92. The first-order valence-electron chi connectivity index (χ1n) is 12.3. The first-order chi connectivity index (χ1) is 15.5. The van der Waals surface area contributed by atoms with Gasteiger partial charge in [-0.1, -0.05) is 6.07 Å². The number of aryl methyl sites for hydroxylation is 2. The lowest BCUT2D eigenvalue weighted by Gasteiger charge is -2.36. The highest BCUT2D eigenvalue weighted by molar-refractivity contribution is 7.09. The molecule has 2 aromatic heterocycles. The van der Waals surface area contributed by atoms with Crippen LogP contribution in [0, 0.1) is 25.2 Å². The molecule has 2 aliphatic heterocycles. The van der Waals surface area contributed by atoms with Crippen LogP contribution in [0.5, 0.6) is 0 Å². The van der Waals surface area contributed by atoms with Crippen molar-refractivity contribution in [2.45, 2.75) is 59.7 Å². The molecule has 1 saturated carbocycles. The average Bonchev–Trinajstić information content (AvgIpc) is 3.11. The Kier molecular flexibility index (Phi) is 6.16. The molecule has 3 aliphatic rings. The number of aromatic nitrogens is 2. The van der Waals surface area contributed by atoms with Crippen LogP contribution in [-0.2, 0) is 24.4 Å². The summed E-state index contributed by atoms with van der Waals surface area (Å²) >= 11 is 1.83. The van der Waals surface area contributed by atoms with Gasteiger partial charge in [0.15, 0.2) is 0 Å². The number of piperidine rings is 1. The molecule has 0 N–H and O–H groups in total. The van der Waals surface area contributed by atoms with Crippen molar-refractivity contribution in [1.82, 2.24) is 24.5 Å². The lowest BCUT2D eigenvalue weighted by atomic mass is 9.90. The fourth-order valence-corrected chi connectivity index (χ4v) is 6.62. The van der Waals surface area contributed by atoms with Crippen molar-refractivity contribution in [3.05, 3.63) is 39.3 Å². The molecule has 5 rings (SSSR count). The number of rotatable bonds is 6. The van der Waals surface area contributed by atoms with E-state index >= 15 is 0 Å². The molecule has 1 aliphatic carbocycles. The first kappa shape index (κ1) is 22.1. The van der Waals surface area contributed by atoms with Crippen LogP contribution in [0.1, 0.15) is 48.0 Å². The maximum Gasteiger partial charge on any atom is 0.226 e. The summed E-state index contributed by atoms with van der Waals surface area (Å²) < 4.78 is 2.12. The van der Waals surface area contributed by atoms with Crippen molar-refractivity contribution < 1.29 is 4.79 Å². The molecule has 0 bridgehead atoms. The highest BCUT2D eigenvalue weighted by Crippen LogP contribution is 2.60. The molecule has 6 nitrogen and oxygen atoms in total. The van der Waals surface area contributed by atoms with Crippen LogP contribution < -0.4 is 0 Å². The topological polar surface area (TPSA) is 44.6 Å². The lowest BCUT2D eigenvalue weighted by molar-refractivity contribution is -0.135. The van der Waals surface area contributed by atoms with E-state index in [1.165, 1.54) is 34.7 Å². The van der Waals surface area contributed by atoms with Crippen molar-refractivity contribution in [3.8, 4) is 0 Å². The zero-order chi connectivity index (χ0) is 22.3. The van der Waals surface area contributed by atoms with Crippen LogP contribution in [-0.4, -0.2) is 69.7 Å². The SMILES string of the molecule is CCn1nc(C)c(CN2CCC3(CC2)C[C@@H]3C(=O)N2CCN(Cc3cccs3)CC2)c1C. The quantitative estimate of drug-likeness (QED) is 0.669. The Morgan fingerprint density at radius 1 is 1.09 bits per heavy atom. The Morgan fingerprint density at radius 2 is 1.81 bits per heavy atom. The van der Waals surface area contributed by atoms with Gasteiger partial charge in [-0.25, -0.2) is 0 Å². The van der Waals surface area contributed by atoms with E-state index in [1.807, 2.05) is 11.3 Å². The van der Waals surface area contributed by atoms with Gasteiger partial charge in [-0.3, -0.25) is 19.3 Å². The summed E-state index contributed by atoms with van der Waals surface area (Å²) in [6.07, 6.45) is 3.45. The fraction of sp³-hybridized carbons (Fsp3) is 0.680. The minimum absolute atomic E-state index is 0.278. The standard InChI is InChI=1S/C25H37N5OS/c1-4-30-20(3)22(19(2)26-30)18-27-9-7-25(8-10-27)16-23(25)24(31)29-13-11-28(12-14-29)17-21-6-5-15-32-21/h5-6,15,23H,4,7-14,16-18H2,1-3H3/t23-/m1/s1. The van der Waals surface area contributed by atoms with E-state index in [1.54, 1.807) is 0 Å². The van der Waals surface area contributed by atoms with Crippen molar-refractivity contribution in [1.29, 1.82) is 0 Å². The Bertz CT molecular complexity index is 936. The molecular formula is C25H37N5OS. The normalized spacial score (nSPS) is 23.7. The summed E-state index contributed by atoms with van der Waals surface area (Å²) in [6.45, 7) is 15.4. The van der Waals surface area contributed by atoms with Crippen molar-refractivity contribution >= 4 is 17.2 Å². The first-order valence-corrected chi connectivity index (χ1v) is 13.2. The molecule has 2 aromatic rings. The van der Waals surface area contributed by atoms with Crippen molar-refractivity contribution in [2.24, 2.45) is 11.3 Å². The number of likely N-dealkylation sites (tertiary alicyclic amines) is 1. The number of hydrogen-bond acceptors (Lipinski definition) is 5. The summed E-state index contributed by atoms with van der Waals surface area (Å²) in [5.41, 5.74) is 4.16. The zero-order valence-electron chi connectivity index (χ0n) is 19.8. The molecule has 1 amide bonds. The monoisotopic (exact) mass is 455 g/mol. The van der Waals surface area contributed by atoms with Gasteiger partial charge in [-0.15, -0.1) is 11.3 Å². The minimum atomic E-state index is 0.278. The maximum atomic E-state index is 13.2. The Morgan fingerprint density at radius 3 is 2.44 bits per heavy atom. The van der Waals surface area contributed by atoms with E-state index in [4.69, 9.17) is 0 Å². The Labute approximate surface area is 196 Å². The van der Waals surface area contributed by atoms with Gasteiger partial charge in [-0.2, -0.15) is 5.10 Å². The number of hydrogen-bond donors (Lipinski definition) is 0. The van der Waals surface area contributed by atoms with Crippen LogP contribution in [0.3, 0.4) is 0 Å². The predicted octanol–water partition coefficient (Wildman–Crippen LogP) is 3.53. The molecule has 4 heterocycles. The van der Waals surface area contributed by atoms with E-state index in [0.29, 0.717) is 11.3 Å². The van der Waals surface area contributed by atoms with Gasteiger partial charge in [-0.05, 0) is 70.0 Å². The number of carbonyl (C=O) groups excluding carboxylic acids is 1. The third-order valence-corrected chi connectivity index (χ3v) is 9.06. The van der Waals surface area contributed by atoms with Gasteiger partial charge in [0.1, 0.15) is 0 Å². The molecule has 0 unspecified atom stereocenters. The highest BCUT2D eigenvalue weighted by Gasteiger charge is 2.59. The van der Waals surface area contributed by atoms with Crippen LogP contribution in [0.15, 0.2) is 17.5 Å². The molecule has 1 atom stereocenters. The van der Waals surface area contributed by atoms with E-state index in [2.05, 4.69) is 62.8 Å². The van der Waals surface area contributed by atoms with E-state index < -0.39 is 0 Å². The third kappa shape index (κ3) is 4.27. The van der Waals surface area contributed by atoms with E-state index in [0.717, 1.165) is 65.3 Å². The molecule has 1 spiro atoms. The highest BCUT2D eigenvalue weighted by atomic mass is 32.1. The summed E-state index contributed by atoms with van der Waals surface area (Å²) in [6, 6.07) is 4.33. The van der Waals surface area contributed by atoms with Gasteiger partial charge in [0.05, 0.1) is 5.69 Å². The van der Waals surface area contributed by atoms with Gasteiger partial charge < -0.3 is 4.90 Å². The predicted molar refractivity (Wildman–Crippen MR) is 129 cm³/mol. The second-order valence-corrected chi connectivity index (χ2v) is 11.1. The second-order valence-electron chi connectivity index (χ2n) is 10.0. The molecule has 2 saturated heterocycles. The van der Waals surface area contributed by atoms with E-state index in [-0.39, 0.29) is 5.92 Å². The third-order valence-electron chi connectivity index (χ3n) is 8.20. The molecular weight excluding hydrogens is 418 g/mol. The maximum absolute atomic E-state index is 13.2. The summed E-state index contributed by atoms with van der Waals surface area (Å²) in [5, 5.41) is 6.83. The summed E-state index contributed by atoms with van der Waals surface area (Å²) in [5.74, 6) is 0.713. The molecule has 32 heavy (non-hydrogen) atoms. The molecule has 0 radical (unpaired) electrons. The Hall–Kier alpha value is -1.70. The number of thiophene rings is 1. The number of nitrogens with zero attached hydrogens (tertiary/aromatic N) is 5. The van der Waals surface area contributed by atoms with Gasteiger partial charge in [0.25, 0.3) is 0 Å². The van der Waals surface area contributed by atoms with Crippen LogP contribution in [0.25, 0.3) is 0 Å². The van der Waals surface area contributed by atoms with E-state index in [9.17, 15) is 4.79 Å². The van der Waals surface area contributed by atoms with Gasteiger partial charge in [0, 0.05) is 67.9 Å². The molecule has 3 fully saturated rings.